The average molecular weight is 204 g/mol. The lowest BCUT2D eigenvalue weighted by molar-refractivity contribution is 0.282. The Morgan fingerprint density at radius 2 is 2.15 bits per heavy atom. The molecular formula is C8H16N2O2S. The highest BCUT2D eigenvalue weighted by molar-refractivity contribution is 7.88. The van der Waals surface area contributed by atoms with Gasteiger partial charge in [0.25, 0.3) is 0 Å². The van der Waals surface area contributed by atoms with Crippen LogP contribution in [-0.2, 0) is 10.0 Å². The molecule has 0 radical (unpaired) electrons. The maximum absolute atomic E-state index is 11.3. The third kappa shape index (κ3) is 2.45. The smallest absolute Gasteiger partial charge is 0.211 e. The summed E-state index contributed by atoms with van der Waals surface area (Å²) in [5, 5.41) is 0. The van der Waals surface area contributed by atoms with Gasteiger partial charge in [0, 0.05) is 12.2 Å². The molecule has 1 atom stereocenters. The monoisotopic (exact) mass is 204 g/mol. The summed E-state index contributed by atoms with van der Waals surface area (Å²) in [4.78, 5) is 0. The van der Waals surface area contributed by atoms with Gasteiger partial charge < -0.3 is 5.73 Å². The molecule has 1 fully saturated rings. The van der Waals surface area contributed by atoms with Crippen molar-refractivity contribution in [2.75, 3.05) is 12.8 Å². The van der Waals surface area contributed by atoms with Crippen LogP contribution in [0.15, 0.2) is 12.3 Å². The van der Waals surface area contributed by atoms with Gasteiger partial charge in [0.05, 0.1) is 12.3 Å². The minimum atomic E-state index is -3.13. The molecule has 0 aromatic heterocycles. The largest absolute Gasteiger partial charge is 0.401 e. The molecule has 5 heteroatoms. The fraction of sp³-hybridized carbons (Fsp3) is 0.750. The lowest BCUT2D eigenvalue weighted by atomic mass is 10.0. The van der Waals surface area contributed by atoms with Crippen LogP contribution in [0.4, 0.5) is 0 Å². The molecule has 1 saturated heterocycles. The lowest BCUT2D eigenvalue weighted by Crippen LogP contribution is -2.45. The highest BCUT2D eigenvalue weighted by atomic mass is 32.2. The molecule has 0 saturated carbocycles. The molecule has 0 aromatic carbocycles. The Bertz CT molecular complexity index is 297. The molecule has 0 aromatic rings. The van der Waals surface area contributed by atoms with Crippen molar-refractivity contribution in [2.45, 2.75) is 25.3 Å². The van der Waals surface area contributed by atoms with Crippen LogP contribution in [-0.4, -0.2) is 31.6 Å². The first-order valence-corrected chi connectivity index (χ1v) is 6.19. The van der Waals surface area contributed by atoms with E-state index in [4.69, 9.17) is 5.73 Å². The predicted molar refractivity (Wildman–Crippen MR) is 52.5 cm³/mol. The number of hydrogen-bond donors (Lipinski definition) is 1. The number of hydrogen-bond acceptors (Lipinski definition) is 3. The van der Waals surface area contributed by atoms with Gasteiger partial charge in [0.2, 0.25) is 10.0 Å². The number of nitrogens with zero attached hydrogens (tertiary/aromatic N) is 1. The van der Waals surface area contributed by atoms with Gasteiger partial charge in [-0.3, -0.25) is 0 Å². The Morgan fingerprint density at radius 1 is 1.54 bits per heavy atom. The topological polar surface area (TPSA) is 63.4 Å². The molecule has 76 valence electrons. The summed E-state index contributed by atoms with van der Waals surface area (Å²) >= 11 is 0. The molecule has 0 bridgehead atoms. The fourth-order valence-electron chi connectivity index (χ4n) is 1.67. The van der Waals surface area contributed by atoms with Crippen LogP contribution in [0.2, 0.25) is 0 Å². The van der Waals surface area contributed by atoms with E-state index >= 15 is 0 Å². The van der Waals surface area contributed by atoms with E-state index in [0.717, 1.165) is 19.3 Å². The zero-order valence-electron chi connectivity index (χ0n) is 7.86. The van der Waals surface area contributed by atoms with Crippen LogP contribution >= 0.6 is 0 Å². The molecule has 13 heavy (non-hydrogen) atoms. The summed E-state index contributed by atoms with van der Waals surface area (Å²) in [6.07, 6.45) is 3.94. The highest BCUT2D eigenvalue weighted by Gasteiger charge is 2.29. The van der Waals surface area contributed by atoms with Crippen molar-refractivity contribution in [1.82, 2.24) is 4.31 Å². The second-order valence-electron chi connectivity index (χ2n) is 3.46. The second-order valence-corrected chi connectivity index (χ2v) is 5.40. The van der Waals surface area contributed by atoms with Gasteiger partial charge in [-0.1, -0.05) is 13.0 Å². The second kappa shape index (κ2) is 3.67. The average Bonchev–Trinajstić information content (AvgIpc) is 2.03. The summed E-state index contributed by atoms with van der Waals surface area (Å²) in [6, 6.07) is -0.191. The van der Waals surface area contributed by atoms with Crippen LogP contribution in [0.5, 0.6) is 0 Å². The van der Waals surface area contributed by atoms with E-state index in [0.29, 0.717) is 12.2 Å². The Balaban J connectivity index is 2.86. The Hall–Kier alpha value is -0.550. The van der Waals surface area contributed by atoms with Gasteiger partial charge >= 0.3 is 0 Å². The van der Waals surface area contributed by atoms with E-state index in [9.17, 15) is 8.42 Å². The van der Waals surface area contributed by atoms with Crippen molar-refractivity contribution in [2.24, 2.45) is 5.73 Å². The van der Waals surface area contributed by atoms with E-state index in [1.807, 2.05) is 0 Å². The van der Waals surface area contributed by atoms with Crippen molar-refractivity contribution in [3.05, 3.63) is 12.3 Å². The third-order valence-corrected chi connectivity index (χ3v) is 3.60. The zero-order valence-corrected chi connectivity index (χ0v) is 8.68. The van der Waals surface area contributed by atoms with Gasteiger partial charge in [-0.05, 0) is 12.8 Å². The molecule has 1 aliphatic heterocycles. The first kappa shape index (κ1) is 10.5. The minimum Gasteiger partial charge on any atom is -0.401 e. The van der Waals surface area contributed by atoms with E-state index in [-0.39, 0.29) is 6.04 Å². The van der Waals surface area contributed by atoms with Crippen LogP contribution in [0.1, 0.15) is 19.3 Å². The standard InChI is InChI=1S/C8H16N2O2S/c1-7(9)8-5-3-4-6-10(8)13(2,11)12/h8H,1,3-6,9H2,2H3/t8-/m0/s1. The minimum absolute atomic E-state index is 0.191. The van der Waals surface area contributed by atoms with Crippen LogP contribution in [0.3, 0.4) is 0 Å². The first-order valence-electron chi connectivity index (χ1n) is 4.34. The number of rotatable bonds is 2. The predicted octanol–water partition coefficient (Wildman–Crippen LogP) is 0.273. The maximum atomic E-state index is 11.3. The summed E-state index contributed by atoms with van der Waals surface area (Å²) < 4.78 is 24.1. The molecule has 0 amide bonds. The van der Waals surface area contributed by atoms with Gasteiger partial charge in [0.15, 0.2) is 0 Å². The van der Waals surface area contributed by atoms with Crippen LogP contribution in [0, 0.1) is 0 Å². The highest BCUT2D eigenvalue weighted by Crippen LogP contribution is 2.22. The van der Waals surface area contributed by atoms with Crippen molar-refractivity contribution in [3.8, 4) is 0 Å². The van der Waals surface area contributed by atoms with E-state index < -0.39 is 10.0 Å². The first-order chi connectivity index (χ1) is 5.93. The van der Waals surface area contributed by atoms with Gasteiger partial charge in [-0.2, -0.15) is 4.31 Å². The third-order valence-electron chi connectivity index (χ3n) is 2.31. The Labute approximate surface area is 79.5 Å². The molecule has 4 nitrogen and oxygen atoms in total. The number of nitrogens with two attached hydrogens (primary N) is 1. The molecule has 1 rings (SSSR count). The molecule has 0 aliphatic carbocycles. The molecule has 2 N–H and O–H groups in total. The molecular weight excluding hydrogens is 188 g/mol. The molecule has 1 aliphatic rings. The van der Waals surface area contributed by atoms with E-state index in [1.165, 1.54) is 10.6 Å². The van der Waals surface area contributed by atoms with Crippen molar-refractivity contribution in [1.29, 1.82) is 0 Å². The number of piperidine rings is 1. The van der Waals surface area contributed by atoms with Crippen LogP contribution in [0.25, 0.3) is 0 Å². The van der Waals surface area contributed by atoms with Gasteiger partial charge in [-0.25, -0.2) is 8.42 Å². The van der Waals surface area contributed by atoms with Crippen molar-refractivity contribution >= 4 is 10.0 Å². The SMILES string of the molecule is C=C(N)[C@@H]1CCCCN1S(C)(=O)=O. The zero-order chi connectivity index (χ0) is 10.1. The molecule has 1 heterocycles. The summed E-state index contributed by atoms with van der Waals surface area (Å²) in [5.41, 5.74) is 6.00. The van der Waals surface area contributed by atoms with Gasteiger partial charge in [0.1, 0.15) is 0 Å². The van der Waals surface area contributed by atoms with E-state index in [2.05, 4.69) is 6.58 Å². The van der Waals surface area contributed by atoms with Crippen molar-refractivity contribution in [3.63, 3.8) is 0 Å². The Morgan fingerprint density at radius 3 is 2.54 bits per heavy atom. The lowest BCUT2D eigenvalue weighted by Gasteiger charge is -2.33. The normalized spacial score (nSPS) is 25.8. The number of sulfonamides is 1. The molecule has 0 unspecified atom stereocenters. The fourth-order valence-corrected chi connectivity index (χ4v) is 2.84. The Kier molecular flexibility index (Phi) is 2.98. The van der Waals surface area contributed by atoms with E-state index in [1.54, 1.807) is 0 Å². The van der Waals surface area contributed by atoms with Crippen molar-refractivity contribution < 1.29 is 8.42 Å². The molecule has 0 spiro atoms. The van der Waals surface area contributed by atoms with Gasteiger partial charge in [-0.15, -0.1) is 0 Å². The quantitative estimate of drug-likeness (QED) is 0.702. The summed E-state index contributed by atoms with van der Waals surface area (Å²) in [7, 11) is -3.13. The maximum Gasteiger partial charge on any atom is 0.211 e. The van der Waals surface area contributed by atoms with Crippen LogP contribution < -0.4 is 5.73 Å². The summed E-state index contributed by atoms with van der Waals surface area (Å²) in [6.45, 7) is 4.18. The summed E-state index contributed by atoms with van der Waals surface area (Å²) in [5.74, 6) is 0.